The second-order valence-corrected chi connectivity index (χ2v) is 5.57. The van der Waals surface area contributed by atoms with E-state index in [2.05, 4.69) is 0 Å². The molecule has 3 rings (SSSR count). The Balaban J connectivity index is 1.76. The lowest BCUT2D eigenvalue weighted by atomic mass is 10.1. The van der Waals surface area contributed by atoms with Gasteiger partial charge in [-0.25, -0.2) is 0 Å². The lowest BCUT2D eigenvalue weighted by Gasteiger charge is -2.09. The number of Topliss-reactive ketones (excluding diaryl/α,β-unsaturated/α-hetero) is 1. The third-order valence-electron chi connectivity index (χ3n) is 4.14. The van der Waals surface area contributed by atoms with Crippen molar-refractivity contribution in [3.05, 3.63) is 59.2 Å². The van der Waals surface area contributed by atoms with Crippen LogP contribution in [0.4, 0.5) is 0 Å². The normalized spacial score (nSPS) is 15.8. The number of carbonyl (C=O) groups excluding carboxylic acids is 2. The smallest absolute Gasteiger partial charge is 0.317 e. The minimum absolute atomic E-state index is 0.153. The van der Waals surface area contributed by atoms with Crippen molar-refractivity contribution in [1.29, 1.82) is 0 Å². The molecule has 0 radical (unpaired) electrons. The van der Waals surface area contributed by atoms with Gasteiger partial charge in [0.15, 0.2) is 5.78 Å². The quantitative estimate of drug-likeness (QED) is 0.624. The monoisotopic (exact) mass is 326 g/mol. The van der Waals surface area contributed by atoms with Crippen molar-refractivity contribution in [3.63, 3.8) is 0 Å². The molecule has 124 valence electrons. The molecule has 0 fully saturated rings. The van der Waals surface area contributed by atoms with Gasteiger partial charge in [-0.1, -0.05) is 30.3 Å². The maximum atomic E-state index is 12.6. The Morgan fingerprint density at radius 1 is 1.12 bits per heavy atom. The molecule has 0 bridgehead atoms. The van der Waals surface area contributed by atoms with Crippen molar-refractivity contribution in [2.24, 2.45) is 5.92 Å². The predicted molar refractivity (Wildman–Crippen MR) is 87.3 cm³/mol. The summed E-state index contributed by atoms with van der Waals surface area (Å²) in [5.74, 6) is -0.514. The Morgan fingerprint density at radius 3 is 2.54 bits per heavy atom. The van der Waals surface area contributed by atoms with Crippen molar-refractivity contribution < 1.29 is 23.8 Å². The highest BCUT2D eigenvalue weighted by molar-refractivity contribution is 6.13. The van der Waals surface area contributed by atoms with E-state index in [1.807, 2.05) is 30.3 Å². The molecule has 1 unspecified atom stereocenters. The highest BCUT2D eigenvalue weighted by Gasteiger charge is 2.39. The lowest BCUT2D eigenvalue weighted by Crippen LogP contribution is -2.23. The molecule has 1 aliphatic carbocycles. The van der Waals surface area contributed by atoms with Crippen LogP contribution in [0.25, 0.3) is 0 Å². The van der Waals surface area contributed by atoms with Crippen molar-refractivity contribution in [2.75, 3.05) is 14.2 Å². The molecule has 0 N–H and O–H groups in total. The van der Waals surface area contributed by atoms with Crippen LogP contribution in [-0.2, 0) is 22.6 Å². The van der Waals surface area contributed by atoms with Gasteiger partial charge in [-0.15, -0.1) is 0 Å². The summed E-state index contributed by atoms with van der Waals surface area (Å²) in [5, 5.41) is 0. The summed E-state index contributed by atoms with van der Waals surface area (Å²) in [5.41, 5.74) is 2.07. The molecule has 5 heteroatoms. The predicted octanol–water partition coefficient (Wildman–Crippen LogP) is 2.80. The minimum atomic E-state index is -0.829. The number of methoxy groups -OCH3 is 2. The standard InChI is InChI=1S/C19H18O5/c1-22-13-8-15-14(17(9-13)23-2)10-16(18(15)20)19(21)24-11-12-6-4-3-5-7-12/h3-9,16H,10-11H2,1-2H3. The summed E-state index contributed by atoms with van der Waals surface area (Å²) in [7, 11) is 3.05. The molecule has 0 amide bonds. The molecule has 0 aromatic heterocycles. The molecule has 5 nitrogen and oxygen atoms in total. The van der Waals surface area contributed by atoms with E-state index in [1.165, 1.54) is 14.2 Å². The number of carbonyl (C=O) groups is 2. The van der Waals surface area contributed by atoms with E-state index >= 15 is 0 Å². The average molecular weight is 326 g/mol. The van der Waals surface area contributed by atoms with Gasteiger partial charge in [-0.05, 0) is 18.1 Å². The topological polar surface area (TPSA) is 61.8 Å². The third-order valence-corrected chi connectivity index (χ3v) is 4.14. The first-order valence-corrected chi connectivity index (χ1v) is 7.63. The van der Waals surface area contributed by atoms with E-state index in [4.69, 9.17) is 14.2 Å². The molecule has 0 saturated heterocycles. The fourth-order valence-electron chi connectivity index (χ4n) is 2.85. The van der Waals surface area contributed by atoms with E-state index in [0.29, 0.717) is 17.1 Å². The van der Waals surface area contributed by atoms with Crippen molar-refractivity contribution in [1.82, 2.24) is 0 Å². The van der Waals surface area contributed by atoms with Gasteiger partial charge >= 0.3 is 5.97 Å². The number of ether oxygens (including phenoxy) is 3. The number of hydrogen-bond donors (Lipinski definition) is 0. The third kappa shape index (κ3) is 2.97. The molecular weight excluding hydrogens is 308 g/mol. The Labute approximate surface area is 140 Å². The Kier molecular flexibility index (Phi) is 4.51. The average Bonchev–Trinajstić information content (AvgIpc) is 2.96. The Morgan fingerprint density at radius 2 is 1.88 bits per heavy atom. The van der Waals surface area contributed by atoms with Gasteiger partial charge in [0.2, 0.25) is 0 Å². The van der Waals surface area contributed by atoms with Crippen molar-refractivity contribution in [3.8, 4) is 11.5 Å². The van der Waals surface area contributed by atoms with E-state index in [9.17, 15) is 9.59 Å². The number of hydrogen-bond acceptors (Lipinski definition) is 5. The Hall–Kier alpha value is -2.82. The number of rotatable bonds is 5. The van der Waals surface area contributed by atoms with Crippen LogP contribution in [0.2, 0.25) is 0 Å². The van der Waals surface area contributed by atoms with Gasteiger partial charge in [0.05, 0.1) is 14.2 Å². The van der Waals surface area contributed by atoms with Gasteiger partial charge in [0.25, 0.3) is 0 Å². The summed E-state index contributed by atoms with van der Waals surface area (Å²) in [4.78, 5) is 24.9. The molecule has 2 aromatic rings. The van der Waals surface area contributed by atoms with Crippen LogP contribution in [0.3, 0.4) is 0 Å². The molecule has 24 heavy (non-hydrogen) atoms. The van der Waals surface area contributed by atoms with Gasteiger partial charge in [0.1, 0.15) is 24.0 Å². The summed E-state index contributed by atoms with van der Waals surface area (Å²) in [6.07, 6.45) is 0.287. The maximum absolute atomic E-state index is 12.6. The summed E-state index contributed by atoms with van der Waals surface area (Å²) in [6.45, 7) is 0.153. The zero-order valence-electron chi connectivity index (χ0n) is 13.6. The first kappa shape index (κ1) is 16.1. The highest BCUT2D eigenvalue weighted by Crippen LogP contribution is 2.37. The van der Waals surface area contributed by atoms with Gasteiger partial charge in [0, 0.05) is 17.2 Å². The highest BCUT2D eigenvalue weighted by atomic mass is 16.5. The van der Waals surface area contributed by atoms with Crippen LogP contribution in [0.5, 0.6) is 11.5 Å². The SMILES string of the molecule is COc1cc(OC)c2c(c1)C(=O)C(C(=O)OCc1ccccc1)C2. The molecule has 0 saturated carbocycles. The first-order chi connectivity index (χ1) is 11.6. The van der Waals surface area contributed by atoms with E-state index in [0.717, 1.165) is 11.1 Å². The zero-order valence-corrected chi connectivity index (χ0v) is 13.6. The largest absolute Gasteiger partial charge is 0.497 e. The number of benzene rings is 2. The fraction of sp³-hybridized carbons (Fsp3) is 0.263. The van der Waals surface area contributed by atoms with Crippen LogP contribution in [0, 0.1) is 5.92 Å². The second kappa shape index (κ2) is 6.74. The van der Waals surface area contributed by atoms with Crippen LogP contribution < -0.4 is 9.47 Å². The number of ketones is 1. The first-order valence-electron chi connectivity index (χ1n) is 7.63. The molecule has 0 spiro atoms. The fourth-order valence-corrected chi connectivity index (χ4v) is 2.85. The van der Waals surface area contributed by atoms with Crippen LogP contribution in [0.1, 0.15) is 21.5 Å². The molecule has 0 aliphatic heterocycles. The Bertz CT molecular complexity index is 767. The molecule has 1 atom stereocenters. The maximum Gasteiger partial charge on any atom is 0.317 e. The lowest BCUT2D eigenvalue weighted by molar-refractivity contribution is -0.147. The van der Waals surface area contributed by atoms with Crippen molar-refractivity contribution in [2.45, 2.75) is 13.0 Å². The van der Waals surface area contributed by atoms with Crippen LogP contribution in [0.15, 0.2) is 42.5 Å². The zero-order chi connectivity index (χ0) is 17.1. The number of fused-ring (bicyclic) bond motifs is 1. The molecule has 2 aromatic carbocycles. The van der Waals surface area contributed by atoms with E-state index < -0.39 is 11.9 Å². The van der Waals surface area contributed by atoms with Crippen molar-refractivity contribution >= 4 is 11.8 Å². The minimum Gasteiger partial charge on any atom is -0.497 e. The van der Waals surface area contributed by atoms with E-state index in [-0.39, 0.29) is 18.8 Å². The number of esters is 1. The van der Waals surface area contributed by atoms with Crippen LogP contribution >= 0.6 is 0 Å². The molecular formula is C19H18O5. The summed E-state index contributed by atoms with van der Waals surface area (Å²) in [6, 6.07) is 12.7. The summed E-state index contributed by atoms with van der Waals surface area (Å²) >= 11 is 0. The van der Waals surface area contributed by atoms with Crippen LogP contribution in [-0.4, -0.2) is 26.0 Å². The van der Waals surface area contributed by atoms with Gasteiger partial charge in [-0.3, -0.25) is 9.59 Å². The second-order valence-electron chi connectivity index (χ2n) is 5.57. The van der Waals surface area contributed by atoms with Gasteiger partial charge < -0.3 is 14.2 Å². The van der Waals surface area contributed by atoms with Gasteiger partial charge in [-0.2, -0.15) is 0 Å². The summed E-state index contributed by atoms with van der Waals surface area (Å²) < 4.78 is 15.8. The molecule has 0 heterocycles. The molecule has 1 aliphatic rings. The van der Waals surface area contributed by atoms with E-state index in [1.54, 1.807) is 12.1 Å².